The Morgan fingerprint density at radius 3 is 2.55 bits per heavy atom. The summed E-state index contributed by atoms with van der Waals surface area (Å²) in [6.07, 6.45) is 2.52. The van der Waals surface area contributed by atoms with E-state index in [0.29, 0.717) is 35.4 Å². The van der Waals surface area contributed by atoms with E-state index in [1.54, 1.807) is 33.1 Å². The molecule has 1 saturated heterocycles. The van der Waals surface area contributed by atoms with Crippen LogP contribution in [0.15, 0.2) is 53.7 Å². The number of ether oxygens (including phenoxy) is 5. The molecule has 2 aromatic carbocycles. The Kier molecular flexibility index (Phi) is 9.03. The lowest BCUT2D eigenvalue weighted by molar-refractivity contribution is -0.162. The van der Waals surface area contributed by atoms with Crippen molar-refractivity contribution < 1.29 is 23.7 Å². The molecule has 3 heterocycles. The third kappa shape index (κ3) is 6.28. The fourth-order valence-corrected chi connectivity index (χ4v) is 7.94. The van der Waals surface area contributed by atoms with Crippen molar-refractivity contribution >= 4 is 28.7 Å². The number of methoxy groups -OCH3 is 3. The first-order valence-electron chi connectivity index (χ1n) is 16.5. The van der Waals surface area contributed by atoms with Gasteiger partial charge >= 0.3 is 0 Å². The lowest BCUT2D eigenvalue weighted by atomic mass is 10.1. The number of hydrogen-bond donors (Lipinski definition) is 0. The average molecular weight is 661 g/mol. The molecule has 0 bridgehead atoms. The maximum Gasteiger partial charge on any atom is 0.191 e. The SMILES string of the molecule is CCCSc1nc(N(Cc2ccc(OC)cc2OC)C2CC2c2ccccc2)c2nnn(C3CC(COC)C4OC(C)(C)OC43)c2n1. The van der Waals surface area contributed by atoms with E-state index in [4.69, 9.17) is 44.0 Å². The molecule has 6 atom stereocenters. The second-order valence-corrected chi connectivity index (χ2v) is 14.2. The second kappa shape index (κ2) is 13.2. The summed E-state index contributed by atoms with van der Waals surface area (Å²) in [6.45, 7) is 7.27. The smallest absolute Gasteiger partial charge is 0.191 e. The monoisotopic (exact) mass is 660 g/mol. The normalized spacial score (nSPS) is 26.0. The highest BCUT2D eigenvalue weighted by atomic mass is 32.2. The molecule has 1 aliphatic heterocycles. The number of anilines is 1. The van der Waals surface area contributed by atoms with Crippen molar-refractivity contribution in [3.63, 3.8) is 0 Å². The van der Waals surface area contributed by atoms with Crippen LogP contribution in [-0.4, -0.2) is 82.7 Å². The van der Waals surface area contributed by atoms with E-state index in [0.717, 1.165) is 47.9 Å². The van der Waals surface area contributed by atoms with Crippen molar-refractivity contribution in [1.29, 1.82) is 0 Å². The van der Waals surface area contributed by atoms with E-state index in [2.05, 4.69) is 48.2 Å². The van der Waals surface area contributed by atoms with Gasteiger partial charge in [-0.25, -0.2) is 14.6 Å². The van der Waals surface area contributed by atoms with Crippen molar-refractivity contribution in [3.8, 4) is 11.5 Å². The summed E-state index contributed by atoms with van der Waals surface area (Å²) in [7, 11) is 5.10. The zero-order valence-corrected chi connectivity index (χ0v) is 28.8. The van der Waals surface area contributed by atoms with E-state index in [1.165, 1.54) is 5.56 Å². The predicted molar refractivity (Wildman–Crippen MR) is 180 cm³/mol. The van der Waals surface area contributed by atoms with Gasteiger partial charge in [0, 0.05) is 48.9 Å². The molecule has 250 valence electrons. The molecule has 3 aliphatic rings. The maximum atomic E-state index is 6.49. The molecule has 0 radical (unpaired) electrons. The van der Waals surface area contributed by atoms with Gasteiger partial charge < -0.3 is 28.6 Å². The molecule has 0 amide bonds. The third-order valence-electron chi connectivity index (χ3n) is 9.46. The summed E-state index contributed by atoms with van der Waals surface area (Å²) in [5.41, 5.74) is 3.75. The van der Waals surface area contributed by atoms with Crippen molar-refractivity contribution in [2.75, 3.05) is 38.6 Å². The second-order valence-electron chi connectivity index (χ2n) is 13.1. The van der Waals surface area contributed by atoms with Gasteiger partial charge in [0.05, 0.1) is 33.0 Å². The van der Waals surface area contributed by atoms with Gasteiger partial charge in [0.1, 0.15) is 17.6 Å². The lowest BCUT2D eigenvalue weighted by Gasteiger charge is -2.26. The van der Waals surface area contributed by atoms with Gasteiger partial charge in [0.2, 0.25) is 0 Å². The number of thioether (sulfide) groups is 1. The predicted octanol–water partition coefficient (Wildman–Crippen LogP) is 6.03. The lowest BCUT2D eigenvalue weighted by Crippen LogP contribution is -2.29. The average Bonchev–Trinajstić information content (AvgIpc) is 3.52. The van der Waals surface area contributed by atoms with Crippen LogP contribution >= 0.6 is 11.8 Å². The number of rotatable bonds is 13. The molecule has 11 nitrogen and oxygen atoms in total. The van der Waals surface area contributed by atoms with Gasteiger partial charge in [0.25, 0.3) is 0 Å². The molecule has 2 aromatic heterocycles. The van der Waals surface area contributed by atoms with E-state index >= 15 is 0 Å². The molecule has 12 heteroatoms. The number of fused-ring (bicyclic) bond motifs is 2. The van der Waals surface area contributed by atoms with Crippen molar-refractivity contribution in [1.82, 2.24) is 25.0 Å². The molecular weight excluding hydrogens is 616 g/mol. The maximum absolute atomic E-state index is 6.49. The number of hydrogen-bond acceptors (Lipinski definition) is 11. The molecule has 7 rings (SSSR count). The van der Waals surface area contributed by atoms with Crippen molar-refractivity contribution in [2.24, 2.45) is 5.92 Å². The van der Waals surface area contributed by atoms with Crippen LogP contribution < -0.4 is 14.4 Å². The van der Waals surface area contributed by atoms with Crippen LogP contribution in [0.3, 0.4) is 0 Å². The van der Waals surface area contributed by atoms with Crippen LogP contribution in [0.5, 0.6) is 11.5 Å². The van der Waals surface area contributed by atoms with Crippen LogP contribution in [0.4, 0.5) is 5.82 Å². The minimum atomic E-state index is -0.689. The van der Waals surface area contributed by atoms with Crippen molar-refractivity contribution in [3.05, 3.63) is 59.7 Å². The minimum Gasteiger partial charge on any atom is -0.497 e. The highest BCUT2D eigenvalue weighted by molar-refractivity contribution is 7.99. The van der Waals surface area contributed by atoms with E-state index in [1.807, 2.05) is 30.7 Å². The van der Waals surface area contributed by atoms with Gasteiger partial charge in [-0.3, -0.25) is 0 Å². The fourth-order valence-electron chi connectivity index (χ4n) is 7.25. The molecule has 6 unspecified atom stereocenters. The van der Waals surface area contributed by atoms with Crippen LogP contribution in [0.1, 0.15) is 63.1 Å². The Morgan fingerprint density at radius 1 is 1.00 bits per heavy atom. The molecule has 2 saturated carbocycles. The Morgan fingerprint density at radius 2 is 1.81 bits per heavy atom. The fraction of sp³-hybridized carbons (Fsp3) is 0.543. The quantitative estimate of drug-likeness (QED) is 0.124. The molecular formula is C35H44N6O5S. The van der Waals surface area contributed by atoms with Crippen LogP contribution in [0.2, 0.25) is 0 Å². The molecule has 0 N–H and O–H groups in total. The topological polar surface area (TPSA) is 106 Å². The number of nitrogens with zero attached hydrogens (tertiary/aromatic N) is 6. The largest absolute Gasteiger partial charge is 0.497 e. The number of benzene rings is 2. The molecule has 3 fully saturated rings. The number of aromatic nitrogens is 5. The summed E-state index contributed by atoms with van der Waals surface area (Å²) in [4.78, 5) is 12.7. The van der Waals surface area contributed by atoms with E-state index < -0.39 is 5.79 Å². The summed E-state index contributed by atoms with van der Waals surface area (Å²) < 4.78 is 31.8. The van der Waals surface area contributed by atoms with Gasteiger partial charge in [-0.2, -0.15) is 0 Å². The summed E-state index contributed by atoms with van der Waals surface area (Å²) in [5, 5.41) is 10.3. The Hall–Kier alpha value is -3.45. The van der Waals surface area contributed by atoms with Crippen molar-refractivity contribution in [2.45, 2.75) is 87.7 Å². The van der Waals surface area contributed by atoms with Gasteiger partial charge in [-0.05, 0) is 50.8 Å². The molecule has 0 spiro atoms. The molecule has 4 aromatic rings. The van der Waals surface area contributed by atoms with Crippen LogP contribution in [-0.2, 0) is 20.8 Å². The first kappa shape index (κ1) is 32.1. The van der Waals surface area contributed by atoms with Crippen LogP contribution in [0, 0.1) is 5.92 Å². The zero-order chi connectivity index (χ0) is 32.7. The summed E-state index contributed by atoms with van der Waals surface area (Å²) in [5.74, 6) is 3.05. The Balaban J connectivity index is 1.33. The zero-order valence-electron chi connectivity index (χ0n) is 28.0. The highest BCUT2D eigenvalue weighted by Crippen LogP contribution is 2.50. The van der Waals surface area contributed by atoms with Gasteiger partial charge in [0.15, 0.2) is 27.9 Å². The molecule has 47 heavy (non-hydrogen) atoms. The van der Waals surface area contributed by atoms with Crippen LogP contribution in [0.25, 0.3) is 11.2 Å². The first-order valence-corrected chi connectivity index (χ1v) is 17.5. The third-order valence-corrected chi connectivity index (χ3v) is 10.5. The summed E-state index contributed by atoms with van der Waals surface area (Å²) in [6, 6.07) is 16.8. The minimum absolute atomic E-state index is 0.0958. The highest BCUT2D eigenvalue weighted by Gasteiger charge is 2.55. The summed E-state index contributed by atoms with van der Waals surface area (Å²) >= 11 is 1.66. The van der Waals surface area contributed by atoms with Gasteiger partial charge in [-0.1, -0.05) is 54.2 Å². The van der Waals surface area contributed by atoms with Gasteiger partial charge in [-0.15, -0.1) is 5.10 Å². The first-order chi connectivity index (χ1) is 22.8. The van der Waals surface area contributed by atoms with E-state index in [-0.39, 0.29) is 30.2 Å². The molecule has 2 aliphatic carbocycles. The van der Waals surface area contributed by atoms with E-state index in [9.17, 15) is 0 Å². The Bertz CT molecular complexity index is 1700. The standard InChI is InChI=1S/C35H44N6O5S/c1-7-15-47-34-36-32(29-33(37-34)41(39-38-29)27-16-23(20-42-4)30-31(27)46-35(2,3)45-30)40(26-18-25(26)21-11-9-8-10-12-21)19-22-13-14-24(43-5)17-28(22)44-6/h8-14,17,23,25-27,30-31H,7,15-16,18-20H2,1-6H3. The Labute approximate surface area is 280 Å².